The third-order valence-electron chi connectivity index (χ3n) is 2.74. The summed E-state index contributed by atoms with van der Waals surface area (Å²) < 4.78 is 0. The van der Waals surface area contributed by atoms with Gasteiger partial charge in [0.15, 0.2) is 0 Å². The molecule has 2 N–H and O–H groups in total. The van der Waals surface area contributed by atoms with Crippen LogP contribution >= 0.6 is 11.3 Å². The third-order valence-corrected chi connectivity index (χ3v) is 3.69. The predicted molar refractivity (Wildman–Crippen MR) is 81.1 cm³/mol. The molecule has 1 heterocycles. The van der Waals surface area contributed by atoms with E-state index in [4.69, 9.17) is 5.11 Å². The van der Waals surface area contributed by atoms with Crippen LogP contribution in [-0.2, 0) is 4.79 Å². The van der Waals surface area contributed by atoms with Crippen LogP contribution in [0, 0.1) is 0 Å². The number of aromatic nitrogens is 1. The molecule has 0 radical (unpaired) electrons. The zero-order chi connectivity index (χ0) is 15.2. The number of carboxylic acids is 1. The van der Waals surface area contributed by atoms with Gasteiger partial charge in [-0.3, -0.25) is 4.79 Å². The fraction of sp³-hybridized carbons (Fsp3) is 0.133. The van der Waals surface area contributed by atoms with E-state index in [1.54, 1.807) is 30.5 Å². The Morgan fingerprint density at radius 3 is 2.90 bits per heavy atom. The fourth-order valence-electron chi connectivity index (χ4n) is 1.74. The van der Waals surface area contributed by atoms with Crippen molar-refractivity contribution in [1.82, 2.24) is 10.3 Å². The molecular formula is C15H14N2O3S. The summed E-state index contributed by atoms with van der Waals surface area (Å²) in [5.74, 6) is -1.24. The van der Waals surface area contributed by atoms with Crippen LogP contribution in [0.5, 0.6) is 0 Å². The van der Waals surface area contributed by atoms with Crippen molar-refractivity contribution in [2.75, 3.05) is 0 Å². The summed E-state index contributed by atoms with van der Waals surface area (Å²) in [4.78, 5) is 26.8. The number of nitrogens with zero attached hydrogens (tertiary/aromatic N) is 1. The number of thiazole rings is 1. The topological polar surface area (TPSA) is 79.3 Å². The zero-order valence-electron chi connectivity index (χ0n) is 11.3. The molecular weight excluding hydrogens is 288 g/mol. The first kappa shape index (κ1) is 14.9. The van der Waals surface area contributed by atoms with Gasteiger partial charge in [-0.2, -0.15) is 0 Å². The number of amides is 1. The molecule has 0 saturated heterocycles. The van der Waals surface area contributed by atoms with Crippen molar-refractivity contribution in [3.63, 3.8) is 0 Å². The van der Waals surface area contributed by atoms with Crippen molar-refractivity contribution in [1.29, 1.82) is 0 Å². The first-order valence-corrected chi connectivity index (χ1v) is 7.15. The van der Waals surface area contributed by atoms with Crippen LogP contribution in [-0.4, -0.2) is 22.0 Å². The minimum atomic E-state index is -1.03. The zero-order valence-corrected chi connectivity index (χ0v) is 12.1. The summed E-state index contributed by atoms with van der Waals surface area (Å²) in [7, 11) is 0. The molecule has 6 heteroatoms. The summed E-state index contributed by atoms with van der Waals surface area (Å²) >= 11 is 1.48. The Hall–Kier alpha value is -2.47. The van der Waals surface area contributed by atoms with Crippen molar-refractivity contribution in [3.8, 4) is 0 Å². The van der Waals surface area contributed by atoms with E-state index in [1.807, 2.05) is 12.3 Å². The van der Waals surface area contributed by atoms with Crippen molar-refractivity contribution in [2.24, 2.45) is 0 Å². The fourth-order valence-corrected chi connectivity index (χ4v) is 2.39. The molecule has 2 aromatic rings. The van der Waals surface area contributed by atoms with Gasteiger partial charge in [0, 0.05) is 23.2 Å². The monoisotopic (exact) mass is 302 g/mol. The number of benzene rings is 1. The van der Waals surface area contributed by atoms with E-state index in [0.717, 1.165) is 11.1 Å². The first-order valence-electron chi connectivity index (χ1n) is 6.27. The van der Waals surface area contributed by atoms with E-state index in [2.05, 4.69) is 10.3 Å². The number of aliphatic carboxylic acids is 1. The Labute approximate surface area is 126 Å². The second-order valence-electron chi connectivity index (χ2n) is 4.36. The molecule has 1 aromatic heterocycles. The highest BCUT2D eigenvalue weighted by Crippen LogP contribution is 2.16. The Bertz CT molecular complexity index is 665. The number of hydrogen-bond donors (Lipinski definition) is 2. The van der Waals surface area contributed by atoms with Gasteiger partial charge in [0.2, 0.25) is 0 Å². The number of hydrogen-bond acceptors (Lipinski definition) is 4. The number of carbonyl (C=O) groups is 2. The molecule has 0 aliphatic rings. The molecule has 1 aromatic carbocycles. The SMILES string of the molecule is CC(NC(=O)c1cccc(C=CC(=O)O)c1)c1nccs1. The number of rotatable bonds is 5. The van der Waals surface area contributed by atoms with Gasteiger partial charge < -0.3 is 10.4 Å². The van der Waals surface area contributed by atoms with Crippen LogP contribution in [0.15, 0.2) is 41.9 Å². The van der Waals surface area contributed by atoms with Crippen molar-refractivity contribution < 1.29 is 14.7 Å². The number of nitrogens with one attached hydrogen (secondary N) is 1. The van der Waals surface area contributed by atoms with Gasteiger partial charge in [0.05, 0.1) is 6.04 Å². The molecule has 0 spiro atoms. The lowest BCUT2D eigenvalue weighted by molar-refractivity contribution is -0.131. The Balaban J connectivity index is 2.09. The smallest absolute Gasteiger partial charge is 0.328 e. The average Bonchev–Trinajstić information content (AvgIpc) is 2.99. The van der Waals surface area contributed by atoms with Gasteiger partial charge in [-0.05, 0) is 30.7 Å². The molecule has 1 amide bonds. The molecule has 2 rings (SSSR count). The molecule has 21 heavy (non-hydrogen) atoms. The van der Waals surface area contributed by atoms with Crippen molar-refractivity contribution >= 4 is 29.3 Å². The van der Waals surface area contributed by atoms with Crippen LogP contribution in [0.2, 0.25) is 0 Å². The molecule has 1 unspecified atom stereocenters. The molecule has 0 fully saturated rings. The standard InChI is InChI=1S/C15H14N2O3S/c1-10(15-16-7-8-21-15)17-14(20)12-4-2-3-11(9-12)5-6-13(18)19/h2-10H,1H3,(H,17,20)(H,18,19). The molecule has 0 aliphatic carbocycles. The molecule has 5 nitrogen and oxygen atoms in total. The van der Waals surface area contributed by atoms with Gasteiger partial charge in [-0.25, -0.2) is 9.78 Å². The van der Waals surface area contributed by atoms with E-state index < -0.39 is 5.97 Å². The van der Waals surface area contributed by atoms with Crippen LogP contribution in [0.1, 0.15) is 33.9 Å². The maximum absolute atomic E-state index is 12.2. The lowest BCUT2D eigenvalue weighted by atomic mass is 10.1. The quantitative estimate of drug-likeness (QED) is 0.832. The highest BCUT2D eigenvalue weighted by Gasteiger charge is 2.13. The van der Waals surface area contributed by atoms with E-state index in [-0.39, 0.29) is 11.9 Å². The van der Waals surface area contributed by atoms with Crippen molar-refractivity contribution in [3.05, 3.63) is 58.1 Å². The lowest BCUT2D eigenvalue weighted by Gasteiger charge is -2.11. The summed E-state index contributed by atoms with van der Waals surface area (Å²) in [5, 5.41) is 14.2. The van der Waals surface area contributed by atoms with E-state index in [0.29, 0.717) is 11.1 Å². The molecule has 0 saturated carbocycles. The van der Waals surface area contributed by atoms with Gasteiger partial charge in [0.1, 0.15) is 5.01 Å². The maximum atomic E-state index is 12.2. The minimum Gasteiger partial charge on any atom is -0.478 e. The van der Waals surface area contributed by atoms with Gasteiger partial charge in [-0.1, -0.05) is 12.1 Å². The highest BCUT2D eigenvalue weighted by atomic mass is 32.1. The van der Waals surface area contributed by atoms with Gasteiger partial charge in [-0.15, -0.1) is 11.3 Å². The first-order chi connectivity index (χ1) is 10.1. The lowest BCUT2D eigenvalue weighted by Crippen LogP contribution is -2.26. The predicted octanol–water partition coefficient (Wildman–Crippen LogP) is 2.73. The largest absolute Gasteiger partial charge is 0.478 e. The van der Waals surface area contributed by atoms with E-state index >= 15 is 0 Å². The van der Waals surface area contributed by atoms with Gasteiger partial charge >= 0.3 is 5.97 Å². The van der Waals surface area contributed by atoms with Crippen LogP contribution < -0.4 is 5.32 Å². The summed E-state index contributed by atoms with van der Waals surface area (Å²) in [6.45, 7) is 1.87. The molecule has 108 valence electrons. The molecule has 0 aliphatic heterocycles. The highest BCUT2D eigenvalue weighted by molar-refractivity contribution is 7.09. The van der Waals surface area contributed by atoms with Crippen LogP contribution in [0.4, 0.5) is 0 Å². The third kappa shape index (κ3) is 4.25. The minimum absolute atomic E-state index is 0.171. The average molecular weight is 302 g/mol. The normalized spacial score (nSPS) is 12.2. The Morgan fingerprint density at radius 1 is 1.43 bits per heavy atom. The summed E-state index contributed by atoms with van der Waals surface area (Å²) in [5.41, 5.74) is 1.14. The van der Waals surface area contributed by atoms with E-state index in [9.17, 15) is 9.59 Å². The molecule has 0 bridgehead atoms. The summed E-state index contributed by atoms with van der Waals surface area (Å²) in [6, 6.07) is 6.60. The Morgan fingerprint density at radius 2 is 2.24 bits per heavy atom. The van der Waals surface area contributed by atoms with Crippen molar-refractivity contribution in [2.45, 2.75) is 13.0 Å². The summed E-state index contributed by atoms with van der Waals surface area (Å²) in [6.07, 6.45) is 4.18. The Kier molecular flexibility index (Phi) is 4.84. The number of carbonyl (C=O) groups excluding carboxylic acids is 1. The second kappa shape index (κ2) is 6.81. The second-order valence-corrected chi connectivity index (χ2v) is 5.29. The van der Waals surface area contributed by atoms with Crippen LogP contribution in [0.3, 0.4) is 0 Å². The molecule has 1 atom stereocenters. The maximum Gasteiger partial charge on any atom is 0.328 e. The van der Waals surface area contributed by atoms with Gasteiger partial charge in [0.25, 0.3) is 5.91 Å². The number of carboxylic acid groups (broad SMARTS) is 1. The van der Waals surface area contributed by atoms with Crippen LogP contribution in [0.25, 0.3) is 6.08 Å². The van der Waals surface area contributed by atoms with E-state index in [1.165, 1.54) is 17.4 Å².